The summed E-state index contributed by atoms with van der Waals surface area (Å²) in [6.07, 6.45) is 5.21. The second-order valence-corrected chi connectivity index (χ2v) is 5.61. The van der Waals surface area contributed by atoms with E-state index in [0.717, 1.165) is 49.9 Å². The zero-order chi connectivity index (χ0) is 13.8. The van der Waals surface area contributed by atoms with Crippen LogP contribution in [0.25, 0.3) is 0 Å². The van der Waals surface area contributed by atoms with E-state index in [2.05, 4.69) is 24.1 Å². The van der Waals surface area contributed by atoms with Crippen LogP contribution >= 0.6 is 0 Å². The highest BCUT2D eigenvalue weighted by molar-refractivity contribution is 5.93. The number of nitrogens with zero attached hydrogens (tertiary/aromatic N) is 1. The van der Waals surface area contributed by atoms with Gasteiger partial charge < -0.3 is 10.4 Å². The molecule has 4 heteroatoms. The predicted octanol–water partition coefficient (Wildman–Crippen LogP) is 3.12. The number of hydrogen-bond donors (Lipinski definition) is 2. The van der Waals surface area contributed by atoms with Gasteiger partial charge >= 0.3 is 5.97 Å². The molecule has 1 aromatic rings. The van der Waals surface area contributed by atoms with Crippen LogP contribution in [-0.4, -0.2) is 22.6 Å². The van der Waals surface area contributed by atoms with Gasteiger partial charge in [0.05, 0.1) is 0 Å². The van der Waals surface area contributed by atoms with Crippen LogP contribution < -0.4 is 5.32 Å². The Bertz CT molecular complexity index is 469. The first-order chi connectivity index (χ1) is 9.08. The van der Waals surface area contributed by atoms with Crippen molar-refractivity contribution in [3.8, 4) is 0 Å². The predicted molar refractivity (Wildman–Crippen MR) is 75.8 cm³/mol. The zero-order valence-corrected chi connectivity index (χ0v) is 11.7. The maximum Gasteiger partial charge on any atom is 0.339 e. The Morgan fingerprint density at radius 1 is 1.42 bits per heavy atom. The van der Waals surface area contributed by atoms with Gasteiger partial charge in [0.1, 0.15) is 11.4 Å². The van der Waals surface area contributed by atoms with Gasteiger partial charge in [-0.2, -0.15) is 0 Å². The van der Waals surface area contributed by atoms with Gasteiger partial charge in [-0.25, -0.2) is 9.78 Å². The first-order valence-corrected chi connectivity index (χ1v) is 7.08. The van der Waals surface area contributed by atoms with E-state index >= 15 is 0 Å². The van der Waals surface area contributed by atoms with Gasteiger partial charge in [0, 0.05) is 12.2 Å². The standard InChI is InChI=1S/C15H22N2O2/c1-10(2)7-8-16-14-12(15(18)19)9-11-5-3-4-6-13(11)17-14/h9-10H,3-8H2,1-2H3,(H,16,17)(H,18,19). The molecule has 0 radical (unpaired) electrons. The van der Waals surface area contributed by atoms with Gasteiger partial charge in [0.25, 0.3) is 0 Å². The van der Waals surface area contributed by atoms with E-state index in [1.807, 2.05) is 6.07 Å². The number of hydrogen-bond acceptors (Lipinski definition) is 3. The molecule has 19 heavy (non-hydrogen) atoms. The first kappa shape index (κ1) is 13.8. The van der Waals surface area contributed by atoms with Crippen molar-refractivity contribution in [2.45, 2.75) is 46.0 Å². The smallest absolute Gasteiger partial charge is 0.339 e. The average Bonchev–Trinajstić information content (AvgIpc) is 2.37. The maximum atomic E-state index is 11.3. The molecule has 0 aliphatic heterocycles. The van der Waals surface area contributed by atoms with E-state index in [1.165, 1.54) is 0 Å². The third-order valence-corrected chi connectivity index (χ3v) is 3.55. The van der Waals surface area contributed by atoms with E-state index in [0.29, 0.717) is 17.3 Å². The van der Waals surface area contributed by atoms with Crippen LogP contribution in [0, 0.1) is 5.92 Å². The summed E-state index contributed by atoms with van der Waals surface area (Å²) in [6, 6.07) is 1.81. The topological polar surface area (TPSA) is 62.2 Å². The number of rotatable bonds is 5. The summed E-state index contributed by atoms with van der Waals surface area (Å²) < 4.78 is 0. The Morgan fingerprint density at radius 2 is 2.16 bits per heavy atom. The molecule has 0 amide bonds. The number of fused-ring (bicyclic) bond motifs is 1. The van der Waals surface area contributed by atoms with Gasteiger partial charge in [-0.15, -0.1) is 0 Å². The molecule has 0 aromatic carbocycles. The highest BCUT2D eigenvalue weighted by atomic mass is 16.4. The van der Waals surface area contributed by atoms with E-state index in [-0.39, 0.29) is 0 Å². The maximum absolute atomic E-state index is 11.3. The summed E-state index contributed by atoms with van der Waals surface area (Å²) in [7, 11) is 0. The third-order valence-electron chi connectivity index (χ3n) is 3.55. The molecule has 1 aliphatic rings. The van der Waals surface area contributed by atoms with Crippen molar-refractivity contribution in [3.63, 3.8) is 0 Å². The van der Waals surface area contributed by atoms with Crippen molar-refractivity contribution in [1.82, 2.24) is 4.98 Å². The summed E-state index contributed by atoms with van der Waals surface area (Å²) in [6.45, 7) is 5.07. The van der Waals surface area contributed by atoms with Gasteiger partial charge in [-0.1, -0.05) is 13.8 Å². The van der Waals surface area contributed by atoms with Gasteiger partial charge in [-0.05, 0) is 49.7 Å². The lowest BCUT2D eigenvalue weighted by Crippen LogP contribution is -2.15. The molecular weight excluding hydrogens is 240 g/mol. The molecule has 1 aromatic heterocycles. The molecule has 0 bridgehead atoms. The molecule has 0 unspecified atom stereocenters. The van der Waals surface area contributed by atoms with Crippen LogP contribution in [0.4, 0.5) is 5.82 Å². The molecule has 0 spiro atoms. The molecule has 1 aliphatic carbocycles. The van der Waals surface area contributed by atoms with Gasteiger partial charge in [-0.3, -0.25) is 0 Å². The van der Waals surface area contributed by atoms with Crippen molar-refractivity contribution in [3.05, 3.63) is 22.9 Å². The molecule has 104 valence electrons. The number of nitrogens with one attached hydrogen (secondary N) is 1. The van der Waals surface area contributed by atoms with E-state index < -0.39 is 5.97 Å². The van der Waals surface area contributed by atoms with Crippen molar-refractivity contribution < 1.29 is 9.90 Å². The number of pyridine rings is 1. The second kappa shape index (κ2) is 6.04. The first-order valence-electron chi connectivity index (χ1n) is 7.08. The highest BCUT2D eigenvalue weighted by Gasteiger charge is 2.18. The molecule has 0 saturated carbocycles. The Balaban J connectivity index is 2.21. The van der Waals surface area contributed by atoms with Crippen molar-refractivity contribution >= 4 is 11.8 Å². The Morgan fingerprint density at radius 3 is 2.84 bits per heavy atom. The number of anilines is 1. The molecular formula is C15H22N2O2. The fraction of sp³-hybridized carbons (Fsp3) is 0.600. The van der Waals surface area contributed by atoms with Crippen LogP contribution in [0.15, 0.2) is 6.07 Å². The molecule has 2 rings (SSSR count). The SMILES string of the molecule is CC(C)CCNc1nc2c(cc1C(=O)O)CCCC2. The summed E-state index contributed by atoms with van der Waals surface area (Å²) in [5, 5.41) is 12.5. The number of carboxylic acids is 1. The zero-order valence-electron chi connectivity index (χ0n) is 11.7. The Hall–Kier alpha value is -1.58. The molecule has 2 N–H and O–H groups in total. The van der Waals surface area contributed by atoms with E-state index in [9.17, 15) is 9.90 Å². The largest absolute Gasteiger partial charge is 0.478 e. The normalized spacial score (nSPS) is 14.3. The number of aromatic carboxylic acids is 1. The third kappa shape index (κ3) is 3.46. The fourth-order valence-corrected chi connectivity index (χ4v) is 2.41. The number of aromatic nitrogens is 1. The number of carbonyl (C=O) groups is 1. The molecule has 0 saturated heterocycles. The summed E-state index contributed by atoms with van der Waals surface area (Å²) in [4.78, 5) is 15.9. The second-order valence-electron chi connectivity index (χ2n) is 5.61. The van der Waals surface area contributed by atoms with Crippen molar-refractivity contribution in [2.75, 3.05) is 11.9 Å². The monoisotopic (exact) mass is 262 g/mol. The van der Waals surface area contributed by atoms with Crippen molar-refractivity contribution in [2.24, 2.45) is 5.92 Å². The molecule has 4 nitrogen and oxygen atoms in total. The van der Waals surface area contributed by atoms with Crippen LogP contribution in [0.1, 0.15) is 54.7 Å². The lowest BCUT2D eigenvalue weighted by molar-refractivity contribution is 0.0697. The minimum absolute atomic E-state index is 0.310. The van der Waals surface area contributed by atoms with Crippen molar-refractivity contribution in [1.29, 1.82) is 0 Å². The number of aryl methyl sites for hydroxylation is 2. The van der Waals surface area contributed by atoms with Crippen LogP contribution in [0.3, 0.4) is 0 Å². The minimum Gasteiger partial charge on any atom is -0.478 e. The average molecular weight is 262 g/mol. The lowest BCUT2D eigenvalue weighted by Gasteiger charge is -2.18. The molecule has 1 heterocycles. The highest BCUT2D eigenvalue weighted by Crippen LogP contribution is 2.24. The van der Waals surface area contributed by atoms with Gasteiger partial charge in [0.15, 0.2) is 0 Å². The van der Waals surface area contributed by atoms with Crippen LogP contribution in [-0.2, 0) is 12.8 Å². The Kier molecular flexibility index (Phi) is 4.40. The summed E-state index contributed by atoms with van der Waals surface area (Å²) in [5.41, 5.74) is 2.49. The molecule has 0 atom stereocenters. The van der Waals surface area contributed by atoms with E-state index in [1.54, 1.807) is 0 Å². The quantitative estimate of drug-likeness (QED) is 0.856. The number of carboxylic acid groups (broad SMARTS) is 1. The fourth-order valence-electron chi connectivity index (χ4n) is 2.41. The van der Waals surface area contributed by atoms with Gasteiger partial charge in [0.2, 0.25) is 0 Å². The minimum atomic E-state index is -0.895. The molecule has 0 fully saturated rings. The lowest BCUT2D eigenvalue weighted by atomic mass is 9.94. The summed E-state index contributed by atoms with van der Waals surface area (Å²) >= 11 is 0. The Labute approximate surface area is 114 Å². The van der Waals surface area contributed by atoms with Crippen LogP contribution in [0.2, 0.25) is 0 Å². The van der Waals surface area contributed by atoms with Crippen LogP contribution in [0.5, 0.6) is 0 Å². The van der Waals surface area contributed by atoms with E-state index in [4.69, 9.17) is 0 Å². The summed E-state index contributed by atoms with van der Waals surface area (Å²) in [5.74, 6) is 0.236.